The molecule has 0 aliphatic carbocycles. The molecule has 416 valence electrons. The van der Waals surface area contributed by atoms with Crippen molar-refractivity contribution in [1.29, 1.82) is 0 Å². The van der Waals surface area contributed by atoms with Gasteiger partial charge in [-0.15, -0.1) is 0 Å². The normalized spacial score (nSPS) is 11.7. The van der Waals surface area contributed by atoms with Gasteiger partial charge in [0.25, 0.3) is 0 Å². The maximum atomic E-state index is 13.3. The predicted octanol–water partition coefficient (Wildman–Crippen LogP) is 20.8. The zero-order chi connectivity index (χ0) is 51.0. The Balaban J connectivity index is 5.23. The van der Waals surface area contributed by atoms with E-state index in [9.17, 15) is 14.4 Å². The summed E-state index contributed by atoms with van der Waals surface area (Å²) in [5.41, 5.74) is 0. The first-order valence-corrected chi connectivity index (χ1v) is 46.3. The van der Waals surface area contributed by atoms with E-state index < -0.39 is 14.2 Å². The average molecular weight is 1150 g/mol. The Bertz CT molecular complexity index is 987. The fourth-order valence-corrected chi connectivity index (χ4v) is 42.7. The van der Waals surface area contributed by atoms with E-state index in [1.54, 1.807) is 26.8 Å². The number of carbonyl (C=O) groups is 3. The Hall–Kier alpha value is 0.259. The van der Waals surface area contributed by atoms with Crippen LogP contribution in [0.4, 0.5) is 0 Å². The number of rotatable bonds is 59. The van der Waals surface area contributed by atoms with Crippen molar-refractivity contribution in [2.45, 2.75) is 327 Å². The number of esters is 3. The molecule has 0 radical (unpaired) electrons. The molecule has 0 unspecified atom stereocenters. The van der Waals surface area contributed by atoms with Gasteiger partial charge in [0.05, 0.1) is 0 Å². The Kier molecular flexibility index (Phi) is 58.7. The van der Waals surface area contributed by atoms with Gasteiger partial charge in [-0.3, -0.25) is 0 Å². The molecule has 0 bridgehead atoms. The summed E-state index contributed by atoms with van der Waals surface area (Å²) in [7, 11) is 5.30. The number of carbonyl (C=O) groups excluding carboxylic acids is 3. The molecule has 0 aliphatic heterocycles. The second-order valence-electron chi connectivity index (χ2n) is 20.8. The Morgan fingerprint density at radius 3 is 0.629 bits per heavy atom. The van der Waals surface area contributed by atoms with Crippen LogP contribution in [0.3, 0.4) is 0 Å². The van der Waals surface area contributed by atoms with Crippen LogP contribution in [0.1, 0.15) is 323 Å². The van der Waals surface area contributed by atoms with E-state index >= 15 is 0 Å². The first-order valence-electron chi connectivity index (χ1n) is 30.8. The van der Waals surface area contributed by atoms with Crippen LogP contribution in [-0.4, -0.2) is 69.2 Å². The van der Waals surface area contributed by atoms with E-state index in [4.69, 9.17) is 14.2 Å². The topological polar surface area (TPSA) is 78.9 Å². The number of hydrogen-bond donors (Lipinski definition) is 0. The quantitative estimate of drug-likeness (QED) is 0.0256. The smallest absolute Gasteiger partial charge is 0.0654 e. The number of hydrogen-bond acceptors (Lipinski definition) is 9. The van der Waals surface area contributed by atoms with Gasteiger partial charge in [-0.2, -0.15) is 0 Å². The van der Waals surface area contributed by atoms with Gasteiger partial charge in [0, 0.05) is 0 Å². The summed E-state index contributed by atoms with van der Waals surface area (Å²) in [6.07, 6.45) is 58.7. The van der Waals surface area contributed by atoms with Crippen LogP contribution < -0.4 is 0 Å². The first kappa shape index (κ1) is 70.3. The molecular formula is C60H118O6S3Sn. The second kappa shape index (κ2) is 58.5. The van der Waals surface area contributed by atoms with Crippen molar-refractivity contribution in [3.8, 4) is 0 Å². The first-order chi connectivity index (χ1) is 34.4. The minimum Gasteiger partial charge on any atom is -0.0654 e. The number of ether oxygens (including phenoxy) is 3. The molecule has 0 aliphatic rings. The number of unbranched alkanes of at least 4 members (excludes halogenated alkanes) is 42. The van der Waals surface area contributed by atoms with Crippen molar-refractivity contribution in [2.75, 3.05) is 37.1 Å². The van der Waals surface area contributed by atoms with E-state index in [0.717, 1.165) is 55.8 Å². The molecular weight excluding hydrogens is 1030 g/mol. The molecule has 10 heteroatoms. The molecule has 0 rings (SSSR count). The summed E-state index contributed by atoms with van der Waals surface area (Å²) in [4.78, 5) is 39.9. The van der Waals surface area contributed by atoms with Crippen molar-refractivity contribution < 1.29 is 28.6 Å². The van der Waals surface area contributed by atoms with Crippen molar-refractivity contribution in [2.24, 2.45) is 0 Å². The van der Waals surface area contributed by atoms with Crippen molar-refractivity contribution in [3.05, 3.63) is 0 Å². The van der Waals surface area contributed by atoms with Crippen molar-refractivity contribution >= 4 is 59.0 Å². The van der Waals surface area contributed by atoms with Gasteiger partial charge in [0.2, 0.25) is 0 Å². The average Bonchev–Trinajstić information content (AvgIpc) is 3.36. The zero-order valence-electron chi connectivity index (χ0n) is 47.2. The summed E-state index contributed by atoms with van der Waals surface area (Å²) >= 11 is -3.47. The summed E-state index contributed by atoms with van der Waals surface area (Å²) in [5.74, 6) is 0.447. The predicted molar refractivity (Wildman–Crippen MR) is 316 cm³/mol. The zero-order valence-corrected chi connectivity index (χ0v) is 52.5. The standard InChI is InChI=1S/3C16H32O2S.C12H25.Sn/c3*1-2-3-4-5-6-7-8-9-10-11-12-13-14-18-16(17)15-19;1-3-5-7-9-11-12-10-8-6-4-2;/h3*19H,2-15H2,1H3;1,3-12H2,2H3;/q;;;;+3/p-3. The fourth-order valence-electron chi connectivity index (χ4n) is 9.19. The molecule has 0 heterocycles. The summed E-state index contributed by atoms with van der Waals surface area (Å²) in [6, 6.07) is 0. The summed E-state index contributed by atoms with van der Waals surface area (Å²) < 4.78 is 18.5. The van der Waals surface area contributed by atoms with Crippen LogP contribution in [0, 0.1) is 0 Å². The van der Waals surface area contributed by atoms with Gasteiger partial charge >= 0.3 is 335 Å². The molecule has 0 atom stereocenters. The Labute approximate surface area is 448 Å². The summed E-state index contributed by atoms with van der Waals surface area (Å²) in [5, 5.41) is 0. The molecule has 0 saturated heterocycles. The van der Waals surface area contributed by atoms with Gasteiger partial charge in [-0.05, 0) is 0 Å². The van der Waals surface area contributed by atoms with Gasteiger partial charge in [-0.25, -0.2) is 0 Å². The minimum atomic E-state index is -3.47. The molecule has 0 aromatic rings. The molecule has 0 aromatic heterocycles. The van der Waals surface area contributed by atoms with Crippen LogP contribution in [0.2, 0.25) is 4.44 Å². The maximum absolute atomic E-state index is 13.3. The van der Waals surface area contributed by atoms with Crippen LogP contribution in [-0.2, 0) is 28.6 Å². The van der Waals surface area contributed by atoms with Crippen LogP contribution in [0.5, 0.6) is 0 Å². The SMILES string of the molecule is CCCCCCCCCCCCCCOC(=O)C[S][Sn]([CH2]CCCCCCCCCCC)([S]CC(=O)OCCCCCCCCCCCCCC)[S]CC(=O)OCCCCCCCCCCCCCC. The van der Waals surface area contributed by atoms with Crippen molar-refractivity contribution in [1.82, 2.24) is 0 Å². The van der Waals surface area contributed by atoms with E-state index in [1.807, 2.05) is 0 Å². The molecule has 0 saturated carbocycles. The third-order valence-corrected chi connectivity index (χ3v) is 52.4. The minimum absolute atomic E-state index is 0.150. The Morgan fingerprint density at radius 1 is 0.257 bits per heavy atom. The van der Waals surface area contributed by atoms with E-state index in [-0.39, 0.29) is 17.9 Å². The van der Waals surface area contributed by atoms with Crippen LogP contribution >= 0.6 is 26.8 Å². The second-order valence-corrected chi connectivity index (χ2v) is 54.5. The third-order valence-electron chi connectivity index (χ3n) is 13.8. The van der Waals surface area contributed by atoms with Gasteiger partial charge in [0.1, 0.15) is 0 Å². The van der Waals surface area contributed by atoms with Crippen LogP contribution in [0.25, 0.3) is 0 Å². The molecule has 6 nitrogen and oxygen atoms in total. The van der Waals surface area contributed by atoms with Gasteiger partial charge in [-0.1, -0.05) is 117 Å². The molecule has 0 N–H and O–H groups in total. The van der Waals surface area contributed by atoms with E-state index in [2.05, 4.69) is 27.7 Å². The third kappa shape index (κ3) is 53.1. The molecule has 0 spiro atoms. The van der Waals surface area contributed by atoms with Crippen LogP contribution in [0.15, 0.2) is 0 Å². The molecule has 70 heavy (non-hydrogen) atoms. The molecule has 0 aromatic carbocycles. The monoisotopic (exact) mass is 1150 g/mol. The van der Waals surface area contributed by atoms with E-state index in [1.165, 1.54) is 244 Å². The van der Waals surface area contributed by atoms with E-state index in [0.29, 0.717) is 37.1 Å². The van der Waals surface area contributed by atoms with Gasteiger partial charge in [0.15, 0.2) is 0 Å². The fraction of sp³-hybridized carbons (Fsp3) is 0.950. The summed E-state index contributed by atoms with van der Waals surface area (Å²) in [6.45, 7) is 10.5. The molecule has 0 amide bonds. The molecule has 0 fully saturated rings. The Morgan fingerprint density at radius 2 is 0.429 bits per heavy atom. The van der Waals surface area contributed by atoms with Crippen molar-refractivity contribution in [3.63, 3.8) is 0 Å². The van der Waals surface area contributed by atoms with Gasteiger partial charge < -0.3 is 0 Å².